The number of carbonyl (C=O) groups excluding carboxylic acids is 2. The predicted octanol–water partition coefficient (Wildman–Crippen LogP) is 3.80. The number of urea groups is 1. The fourth-order valence-electron chi connectivity index (χ4n) is 3.66. The molecule has 1 aromatic heterocycles. The van der Waals surface area contributed by atoms with E-state index in [1.165, 1.54) is 0 Å². The predicted molar refractivity (Wildman–Crippen MR) is 124 cm³/mol. The summed E-state index contributed by atoms with van der Waals surface area (Å²) in [4.78, 5) is 30.3. The van der Waals surface area contributed by atoms with Crippen LogP contribution in [0.25, 0.3) is 0 Å². The van der Waals surface area contributed by atoms with Crippen molar-refractivity contribution in [3.63, 3.8) is 0 Å². The number of rotatable bonds is 6. The zero-order valence-electron chi connectivity index (χ0n) is 17.2. The second kappa shape index (κ2) is 10.2. The standard InChI is InChI=1S/C24H26N4O2S/c29-22(26-23(21-12-7-17-31-21)19-8-3-1-4-9-19)18-27-13-15-28(16-14-27)24(30)25-20-10-5-2-6-11-20/h1-12,17,23H,13-16,18H2,(H,25,30)(H,26,29)/t23-/m0/s1. The minimum absolute atomic E-state index is 0.00978. The van der Waals surface area contributed by atoms with Gasteiger partial charge in [-0.2, -0.15) is 0 Å². The van der Waals surface area contributed by atoms with Crippen LogP contribution in [0.15, 0.2) is 78.2 Å². The Kier molecular flexibility index (Phi) is 6.96. The van der Waals surface area contributed by atoms with Crippen LogP contribution in [0, 0.1) is 0 Å². The first-order valence-electron chi connectivity index (χ1n) is 10.4. The average Bonchev–Trinajstić information content (AvgIpc) is 3.34. The number of hydrogen-bond acceptors (Lipinski definition) is 4. The minimum atomic E-state index is -0.147. The molecule has 4 rings (SSSR count). The van der Waals surface area contributed by atoms with E-state index in [1.54, 1.807) is 16.2 Å². The van der Waals surface area contributed by atoms with Gasteiger partial charge >= 0.3 is 6.03 Å². The van der Waals surface area contributed by atoms with Crippen molar-refractivity contribution in [1.82, 2.24) is 15.1 Å². The number of hydrogen-bond donors (Lipinski definition) is 2. The SMILES string of the molecule is O=C(CN1CCN(C(=O)Nc2ccccc2)CC1)N[C@@H](c1ccccc1)c1cccs1. The third kappa shape index (κ3) is 5.71. The highest BCUT2D eigenvalue weighted by atomic mass is 32.1. The molecule has 0 saturated carbocycles. The Morgan fingerprint density at radius 1 is 0.871 bits per heavy atom. The van der Waals surface area contributed by atoms with Crippen LogP contribution >= 0.6 is 11.3 Å². The van der Waals surface area contributed by atoms with Crippen molar-refractivity contribution in [3.05, 3.63) is 88.6 Å². The van der Waals surface area contributed by atoms with Crippen LogP contribution in [0.5, 0.6) is 0 Å². The van der Waals surface area contributed by atoms with E-state index in [2.05, 4.69) is 15.5 Å². The molecular weight excluding hydrogens is 408 g/mol. The molecule has 0 spiro atoms. The van der Waals surface area contributed by atoms with Gasteiger partial charge in [-0.05, 0) is 29.1 Å². The van der Waals surface area contributed by atoms with Gasteiger partial charge in [0, 0.05) is 36.7 Å². The largest absolute Gasteiger partial charge is 0.343 e. The van der Waals surface area contributed by atoms with Crippen molar-refractivity contribution in [2.24, 2.45) is 0 Å². The Balaban J connectivity index is 1.29. The Morgan fingerprint density at radius 3 is 2.19 bits per heavy atom. The van der Waals surface area contributed by atoms with Gasteiger partial charge in [0.1, 0.15) is 0 Å². The molecule has 2 aromatic carbocycles. The van der Waals surface area contributed by atoms with Crippen molar-refractivity contribution >= 4 is 29.0 Å². The van der Waals surface area contributed by atoms with Gasteiger partial charge in [0.25, 0.3) is 0 Å². The first kappa shape index (κ1) is 21.1. The maximum atomic E-state index is 12.8. The zero-order valence-corrected chi connectivity index (χ0v) is 18.1. The van der Waals surface area contributed by atoms with Crippen LogP contribution < -0.4 is 10.6 Å². The van der Waals surface area contributed by atoms with Crippen molar-refractivity contribution in [2.45, 2.75) is 6.04 Å². The molecule has 0 radical (unpaired) electrons. The number of piperazine rings is 1. The molecule has 1 aliphatic rings. The summed E-state index contributed by atoms with van der Waals surface area (Å²) in [7, 11) is 0. The van der Waals surface area contributed by atoms with Gasteiger partial charge in [-0.25, -0.2) is 4.79 Å². The lowest BCUT2D eigenvalue weighted by Gasteiger charge is -2.34. The van der Waals surface area contributed by atoms with E-state index in [-0.39, 0.29) is 18.0 Å². The minimum Gasteiger partial charge on any atom is -0.343 e. The zero-order chi connectivity index (χ0) is 21.5. The molecule has 1 aliphatic heterocycles. The van der Waals surface area contributed by atoms with Crippen LogP contribution in [0.2, 0.25) is 0 Å². The van der Waals surface area contributed by atoms with E-state index >= 15 is 0 Å². The fraction of sp³-hybridized carbons (Fsp3) is 0.250. The number of para-hydroxylation sites is 1. The maximum absolute atomic E-state index is 12.8. The van der Waals surface area contributed by atoms with Crippen LogP contribution in [-0.4, -0.2) is 54.5 Å². The molecule has 1 saturated heterocycles. The van der Waals surface area contributed by atoms with E-state index in [1.807, 2.05) is 78.2 Å². The van der Waals surface area contributed by atoms with Gasteiger partial charge in [-0.3, -0.25) is 9.69 Å². The lowest BCUT2D eigenvalue weighted by atomic mass is 10.1. The highest BCUT2D eigenvalue weighted by molar-refractivity contribution is 7.10. The first-order valence-corrected chi connectivity index (χ1v) is 11.3. The molecule has 1 fully saturated rings. The summed E-state index contributed by atoms with van der Waals surface area (Å²) in [5, 5.41) is 8.13. The van der Waals surface area contributed by atoms with Crippen LogP contribution in [-0.2, 0) is 4.79 Å². The quantitative estimate of drug-likeness (QED) is 0.620. The van der Waals surface area contributed by atoms with Gasteiger partial charge < -0.3 is 15.5 Å². The number of benzene rings is 2. The Hall–Kier alpha value is -3.16. The summed E-state index contributed by atoms with van der Waals surface area (Å²) < 4.78 is 0. The topological polar surface area (TPSA) is 64.7 Å². The molecule has 0 bridgehead atoms. The Bertz CT molecular complexity index is 971. The second-order valence-corrected chi connectivity index (χ2v) is 8.47. The van der Waals surface area contributed by atoms with Gasteiger partial charge in [0.2, 0.25) is 5.91 Å². The molecule has 0 unspecified atom stereocenters. The average molecular weight is 435 g/mol. The summed E-state index contributed by atoms with van der Waals surface area (Å²) in [6, 6.07) is 23.3. The molecule has 2 N–H and O–H groups in total. The van der Waals surface area contributed by atoms with E-state index < -0.39 is 0 Å². The van der Waals surface area contributed by atoms with Crippen LogP contribution in [0.4, 0.5) is 10.5 Å². The normalized spacial score (nSPS) is 15.3. The summed E-state index contributed by atoms with van der Waals surface area (Å²) in [6.45, 7) is 2.86. The van der Waals surface area contributed by atoms with E-state index in [0.29, 0.717) is 32.7 Å². The summed E-state index contributed by atoms with van der Waals surface area (Å²) >= 11 is 1.64. The lowest BCUT2D eigenvalue weighted by molar-refractivity contribution is -0.123. The number of amides is 3. The van der Waals surface area contributed by atoms with Gasteiger partial charge in [0.05, 0.1) is 12.6 Å². The third-order valence-electron chi connectivity index (χ3n) is 5.32. The molecule has 3 aromatic rings. The molecule has 31 heavy (non-hydrogen) atoms. The van der Waals surface area contributed by atoms with Crippen LogP contribution in [0.1, 0.15) is 16.5 Å². The molecule has 7 heteroatoms. The van der Waals surface area contributed by atoms with Crippen molar-refractivity contribution in [1.29, 1.82) is 0 Å². The van der Waals surface area contributed by atoms with Gasteiger partial charge in [-0.1, -0.05) is 54.6 Å². The molecule has 3 amide bonds. The maximum Gasteiger partial charge on any atom is 0.321 e. The molecule has 1 atom stereocenters. The highest BCUT2D eigenvalue weighted by Crippen LogP contribution is 2.25. The van der Waals surface area contributed by atoms with Crippen molar-refractivity contribution in [2.75, 3.05) is 38.0 Å². The summed E-state index contributed by atoms with van der Waals surface area (Å²) in [5.74, 6) is -0.00978. The third-order valence-corrected chi connectivity index (χ3v) is 6.25. The van der Waals surface area contributed by atoms with Crippen molar-refractivity contribution < 1.29 is 9.59 Å². The van der Waals surface area contributed by atoms with E-state index in [4.69, 9.17) is 0 Å². The van der Waals surface area contributed by atoms with Gasteiger partial charge in [0.15, 0.2) is 0 Å². The van der Waals surface area contributed by atoms with E-state index in [9.17, 15) is 9.59 Å². The molecule has 0 aliphatic carbocycles. The molecular formula is C24H26N4O2S. The highest BCUT2D eigenvalue weighted by Gasteiger charge is 2.24. The summed E-state index contributed by atoms with van der Waals surface area (Å²) in [5.41, 5.74) is 1.86. The number of thiophene rings is 1. The monoisotopic (exact) mass is 434 g/mol. The van der Waals surface area contributed by atoms with Gasteiger partial charge in [-0.15, -0.1) is 11.3 Å². The fourth-order valence-corrected chi connectivity index (χ4v) is 4.47. The number of nitrogens with one attached hydrogen (secondary N) is 2. The Labute approximate surface area is 186 Å². The van der Waals surface area contributed by atoms with E-state index in [0.717, 1.165) is 16.1 Å². The molecule has 160 valence electrons. The first-order chi connectivity index (χ1) is 15.2. The second-order valence-electron chi connectivity index (χ2n) is 7.49. The molecule has 6 nitrogen and oxygen atoms in total. The number of nitrogens with zero attached hydrogens (tertiary/aromatic N) is 2. The summed E-state index contributed by atoms with van der Waals surface area (Å²) in [6.07, 6.45) is 0. The number of carbonyl (C=O) groups is 2. The Morgan fingerprint density at radius 2 is 1.55 bits per heavy atom. The molecule has 2 heterocycles. The van der Waals surface area contributed by atoms with Crippen LogP contribution in [0.3, 0.4) is 0 Å². The lowest BCUT2D eigenvalue weighted by Crippen LogP contribution is -2.52. The smallest absolute Gasteiger partial charge is 0.321 e. The number of anilines is 1. The van der Waals surface area contributed by atoms with Crippen molar-refractivity contribution in [3.8, 4) is 0 Å².